The van der Waals surface area contributed by atoms with Crippen LogP contribution in [-0.2, 0) is 13.6 Å². The van der Waals surface area contributed by atoms with Gasteiger partial charge < -0.3 is 19.9 Å². The molecule has 0 aliphatic carbocycles. The van der Waals surface area contributed by atoms with Crippen molar-refractivity contribution in [2.24, 2.45) is 13.0 Å². The zero-order chi connectivity index (χ0) is 25.6. The van der Waals surface area contributed by atoms with Gasteiger partial charge in [-0.2, -0.15) is 0 Å². The van der Waals surface area contributed by atoms with E-state index in [9.17, 15) is 28.3 Å². The Bertz CT molecular complexity index is 1150. The molecule has 34 heavy (non-hydrogen) atoms. The number of aromatic nitrogens is 1. The van der Waals surface area contributed by atoms with Crippen LogP contribution in [0, 0.1) is 17.6 Å². The fraction of sp³-hybridized carbons (Fsp3) is 0.400. The van der Waals surface area contributed by atoms with Gasteiger partial charge in [0.1, 0.15) is 17.2 Å². The van der Waals surface area contributed by atoms with Crippen molar-refractivity contribution in [3.63, 3.8) is 0 Å². The topological polar surface area (TPSA) is 91.6 Å². The van der Waals surface area contributed by atoms with Crippen LogP contribution in [0.25, 0.3) is 6.08 Å². The van der Waals surface area contributed by atoms with Gasteiger partial charge in [0.15, 0.2) is 11.4 Å². The first-order valence-corrected chi connectivity index (χ1v) is 11.2. The van der Waals surface area contributed by atoms with Gasteiger partial charge >= 0.3 is 0 Å². The summed E-state index contributed by atoms with van der Waals surface area (Å²) in [5, 5.41) is 13.1. The Labute approximate surface area is 197 Å². The predicted octanol–water partition coefficient (Wildman–Crippen LogP) is 3.84. The van der Waals surface area contributed by atoms with E-state index < -0.39 is 34.6 Å². The van der Waals surface area contributed by atoms with E-state index in [1.54, 1.807) is 26.0 Å². The zero-order valence-corrected chi connectivity index (χ0v) is 20.1. The lowest BCUT2D eigenvalue weighted by Crippen LogP contribution is -2.37. The van der Waals surface area contributed by atoms with Crippen molar-refractivity contribution >= 4 is 17.9 Å². The Hall–Kier alpha value is -3.49. The SMILES string of the molecule is CCC(C)/C=C\c1c(C(=O)NCc2ccc(F)cc2F)c(=O)c(O)c(C(=O)N(CC)CC)n1C. The molecule has 184 valence electrons. The molecule has 0 radical (unpaired) electrons. The largest absolute Gasteiger partial charge is 0.503 e. The van der Waals surface area contributed by atoms with Crippen LogP contribution in [-0.4, -0.2) is 39.5 Å². The third-order valence-electron chi connectivity index (χ3n) is 5.78. The minimum Gasteiger partial charge on any atom is -0.503 e. The number of nitrogens with one attached hydrogen (secondary N) is 1. The van der Waals surface area contributed by atoms with E-state index in [4.69, 9.17) is 0 Å². The molecule has 1 atom stereocenters. The number of aromatic hydroxyl groups is 1. The van der Waals surface area contributed by atoms with Crippen LogP contribution in [0.1, 0.15) is 66.2 Å². The zero-order valence-electron chi connectivity index (χ0n) is 20.1. The minimum absolute atomic E-state index is 0.0285. The number of hydrogen-bond acceptors (Lipinski definition) is 4. The highest BCUT2D eigenvalue weighted by Crippen LogP contribution is 2.21. The van der Waals surface area contributed by atoms with Crippen molar-refractivity contribution in [2.75, 3.05) is 13.1 Å². The number of carbonyl (C=O) groups excluding carboxylic acids is 2. The molecule has 1 unspecified atom stereocenters. The Balaban J connectivity index is 2.61. The van der Waals surface area contributed by atoms with Gasteiger partial charge in [0.2, 0.25) is 5.43 Å². The van der Waals surface area contributed by atoms with Crippen molar-refractivity contribution in [2.45, 2.75) is 40.7 Å². The number of allylic oxidation sites excluding steroid dienone is 1. The highest BCUT2D eigenvalue weighted by Gasteiger charge is 2.28. The van der Waals surface area contributed by atoms with Gasteiger partial charge in [0.05, 0.1) is 5.69 Å². The first-order chi connectivity index (χ1) is 16.1. The number of amides is 2. The summed E-state index contributed by atoms with van der Waals surface area (Å²) in [5.41, 5.74) is -1.44. The number of benzene rings is 1. The lowest BCUT2D eigenvalue weighted by atomic mass is 10.0. The molecule has 0 aliphatic heterocycles. The normalized spacial score (nSPS) is 12.1. The molecule has 1 aromatic carbocycles. The van der Waals surface area contributed by atoms with Crippen LogP contribution in [0.15, 0.2) is 29.1 Å². The molecule has 2 rings (SSSR count). The van der Waals surface area contributed by atoms with Gasteiger partial charge in [-0.25, -0.2) is 8.78 Å². The second-order valence-corrected chi connectivity index (χ2v) is 7.99. The number of pyridine rings is 1. The fourth-order valence-electron chi connectivity index (χ4n) is 3.43. The highest BCUT2D eigenvalue weighted by molar-refractivity contribution is 6.01. The van der Waals surface area contributed by atoms with Crippen LogP contribution in [0.3, 0.4) is 0 Å². The second kappa shape index (κ2) is 11.6. The van der Waals surface area contributed by atoms with Gasteiger partial charge in [0.25, 0.3) is 11.8 Å². The van der Waals surface area contributed by atoms with Crippen molar-refractivity contribution in [3.8, 4) is 5.75 Å². The lowest BCUT2D eigenvalue weighted by Gasteiger charge is -2.23. The lowest BCUT2D eigenvalue weighted by molar-refractivity contribution is 0.0757. The molecule has 0 fully saturated rings. The molecule has 2 N–H and O–H groups in total. The molecule has 0 spiro atoms. The predicted molar refractivity (Wildman–Crippen MR) is 127 cm³/mol. The van der Waals surface area contributed by atoms with Crippen LogP contribution < -0.4 is 10.7 Å². The third kappa shape index (κ3) is 5.70. The number of nitrogens with zero attached hydrogens (tertiary/aromatic N) is 2. The van der Waals surface area contributed by atoms with E-state index in [1.165, 1.54) is 22.6 Å². The summed E-state index contributed by atoms with van der Waals surface area (Å²) in [5.74, 6) is -3.70. The maximum Gasteiger partial charge on any atom is 0.274 e. The third-order valence-corrected chi connectivity index (χ3v) is 5.78. The smallest absolute Gasteiger partial charge is 0.274 e. The van der Waals surface area contributed by atoms with E-state index >= 15 is 0 Å². The van der Waals surface area contributed by atoms with Crippen molar-refractivity contribution in [3.05, 3.63) is 68.6 Å². The molecular weight excluding hydrogens is 444 g/mol. The maximum absolute atomic E-state index is 14.0. The van der Waals surface area contributed by atoms with Gasteiger partial charge in [-0.1, -0.05) is 32.4 Å². The van der Waals surface area contributed by atoms with Gasteiger partial charge in [-0.05, 0) is 31.9 Å². The molecule has 0 aliphatic rings. The Kier molecular flexibility index (Phi) is 9.11. The van der Waals surface area contributed by atoms with Crippen molar-refractivity contribution < 1.29 is 23.5 Å². The molecule has 0 bridgehead atoms. The molecule has 7 nitrogen and oxygen atoms in total. The van der Waals surface area contributed by atoms with E-state index in [-0.39, 0.29) is 35.0 Å². The summed E-state index contributed by atoms with van der Waals surface area (Å²) in [7, 11) is 1.49. The van der Waals surface area contributed by atoms with Crippen molar-refractivity contribution in [1.82, 2.24) is 14.8 Å². The van der Waals surface area contributed by atoms with Crippen molar-refractivity contribution in [1.29, 1.82) is 0 Å². The molecule has 9 heteroatoms. The monoisotopic (exact) mass is 475 g/mol. The van der Waals surface area contributed by atoms with Gasteiger partial charge in [-0.15, -0.1) is 0 Å². The Morgan fingerprint density at radius 3 is 2.41 bits per heavy atom. The number of carbonyl (C=O) groups is 2. The summed E-state index contributed by atoms with van der Waals surface area (Å²) >= 11 is 0. The average molecular weight is 476 g/mol. The van der Waals surface area contributed by atoms with Gasteiger partial charge in [-0.3, -0.25) is 14.4 Å². The molecule has 1 aromatic heterocycles. The molecule has 0 saturated heterocycles. The number of hydrogen-bond donors (Lipinski definition) is 2. The van der Waals surface area contributed by atoms with E-state index in [2.05, 4.69) is 5.32 Å². The molecule has 1 heterocycles. The summed E-state index contributed by atoms with van der Waals surface area (Å²) in [6.45, 7) is 7.91. The van der Waals surface area contributed by atoms with Crippen LogP contribution >= 0.6 is 0 Å². The maximum atomic E-state index is 14.0. The van der Waals surface area contributed by atoms with Crippen LogP contribution in [0.5, 0.6) is 5.75 Å². The van der Waals surface area contributed by atoms with Gasteiger partial charge in [0, 0.05) is 38.3 Å². The molecule has 2 amide bonds. The molecular formula is C25H31F2N3O4. The first kappa shape index (κ1) is 26.8. The van der Waals surface area contributed by atoms with Crippen LogP contribution in [0.4, 0.5) is 8.78 Å². The average Bonchev–Trinajstić information content (AvgIpc) is 2.80. The number of rotatable bonds is 9. The van der Waals surface area contributed by atoms with Crippen LogP contribution in [0.2, 0.25) is 0 Å². The summed E-state index contributed by atoms with van der Waals surface area (Å²) in [6, 6.07) is 2.94. The molecule has 2 aromatic rings. The highest BCUT2D eigenvalue weighted by atomic mass is 19.1. The first-order valence-electron chi connectivity index (χ1n) is 11.2. The summed E-state index contributed by atoms with van der Waals surface area (Å²) in [6.07, 6.45) is 4.18. The van der Waals surface area contributed by atoms with E-state index in [0.29, 0.717) is 19.2 Å². The van der Waals surface area contributed by atoms with E-state index in [1.807, 2.05) is 13.8 Å². The second-order valence-electron chi connectivity index (χ2n) is 7.99. The standard InChI is InChI=1S/C25H31F2N3O4/c1-6-15(4)9-12-19-20(24(33)28-14-16-10-11-17(26)13-18(16)27)22(31)23(32)21(29(19)5)25(34)30(7-2)8-3/h9-13,15,32H,6-8,14H2,1-5H3,(H,28,33)/b12-9-. The minimum atomic E-state index is -1.01. The fourth-order valence-corrected chi connectivity index (χ4v) is 3.43. The quantitative estimate of drug-likeness (QED) is 0.577. The summed E-state index contributed by atoms with van der Waals surface area (Å²) < 4.78 is 28.5. The summed E-state index contributed by atoms with van der Waals surface area (Å²) in [4.78, 5) is 40.6. The number of halogens is 2. The Morgan fingerprint density at radius 1 is 1.21 bits per heavy atom. The van der Waals surface area contributed by atoms with E-state index in [0.717, 1.165) is 12.5 Å². The molecule has 0 saturated carbocycles. The Morgan fingerprint density at radius 2 is 1.85 bits per heavy atom.